The van der Waals surface area contributed by atoms with Gasteiger partial charge in [0.25, 0.3) is 5.69 Å². The molecule has 1 aliphatic carbocycles. The maximum atomic E-state index is 12.2. The predicted molar refractivity (Wildman–Crippen MR) is 82.8 cm³/mol. The van der Waals surface area contributed by atoms with Gasteiger partial charge in [0, 0.05) is 18.6 Å². The highest BCUT2D eigenvalue weighted by molar-refractivity contribution is 5.85. The van der Waals surface area contributed by atoms with Gasteiger partial charge < -0.3 is 10.4 Å². The number of amides is 1. The van der Waals surface area contributed by atoms with Crippen LogP contribution in [0.3, 0.4) is 0 Å². The summed E-state index contributed by atoms with van der Waals surface area (Å²) < 4.78 is 0. The van der Waals surface area contributed by atoms with Crippen LogP contribution < -0.4 is 5.32 Å². The first kappa shape index (κ1) is 16.9. The molecule has 1 fully saturated rings. The summed E-state index contributed by atoms with van der Waals surface area (Å²) in [5, 5.41) is 22.9. The highest BCUT2D eigenvalue weighted by atomic mass is 16.6. The number of nitrogens with one attached hydrogen (secondary N) is 1. The molecule has 1 atom stereocenters. The van der Waals surface area contributed by atoms with Gasteiger partial charge in [0.15, 0.2) is 0 Å². The number of hydrogen-bond donors (Lipinski definition) is 2. The second kappa shape index (κ2) is 6.76. The van der Waals surface area contributed by atoms with E-state index in [9.17, 15) is 24.8 Å². The Morgan fingerprint density at radius 2 is 2.13 bits per heavy atom. The van der Waals surface area contributed by atoms with Crippen LogP contribution in [-0.4, -0.2) is 21.9 Å². The van der Waals surface area contributed by atoms with E-state index in [0.29, 0.717) is 24.8 Å². The zero-order valence-electron chi connectivity index (χ0n) is 12.9. The zero-order chi connectivity index (χ0) is 17.0. The lowest BCUT2D eigenvalue weighted by molar-refractivity contribution is -0.384. The van der Waals surface area contributed by atoms with E-state index in [2.05, 4.69) is 5.32 Å². The lowest BCUT2D eigenvalue weighted by atomic mass is 9.66. The summed E-state index contributed by atoms with van der Waals surface area (Å²) in [6.45, 7) is 1.86. The average Bonchev–Trinajstić information content (AvgIpc) is 2.48. The monoisotopic (exact) mass is 320 g/mol. The number of nitrogens with zero attached hydrogens (tertiary/aromatic N) is 1. The van der Waals surface area contributed by atoms with Gasteiger partial charge in [-0.05, 0) is 24.8 Å². The van der Waals surface area contributed by atoms with Crippen LogP contribution in [0, 0.1) is 15.5 Å². The molecule has 2 rings (SSSR count). The number of hydrogen-bond acceptors (Lipinski definition) is 4. The summed E-state index contributed by atoms with van der Waals surface area (Å²) >= 11 is 0. The average molecular weight is 320 g/mol. The molecule has 0 heterocycles. The van der Waals surface area contributed by atoms with Gasteiger partial charge >= 0.3 is 5.97 Å². The fraction of sp³-hybridized carbons (Fsp3) is 0.500. The van der Waals surface area contributed by atoms with Crippen molar-refractivity contribution in [2.75, 3.05) is 0 Å². The first-order valence-electron chi connectivity index (χ1n) is 7.65. The fourth-order valence-corrected chi connectivity index (χ4v) is 2.90. The van der Waals surface area contributed by atoms with Gasteiger partial charge in [-0.2, -0.15) is 0 Å². The van der Waals surface area contributed by atoms with Crippen molar-refractivity contribution >= 4 is 17.6 Å². The molecular formula is C16H20N2O5. The molecule has 23 heavy (non-hydrogen) atoms. The minimum absolute atomic E-state index is 0.0313. The largest absolute Gasteiger partial charge is 0.481 e. The molecule has 7 nitrogen and oxygen atoms in total. The minimum atomic E-state index is -0.939. The SMILES string of the molecule is CCC(NC(=O)CC1(C(=O)O)CCC1)c1cccc([N+](=O)[O-])c1. The summed E-state index contributed by atoms with van der Waals surface area (Å²) in [4.78, 5) is 33.9. The van der Waals surface area contributed by atoms with Crippen molar-refractivity contribution in [3.63, 3.8) is 0 Å². The molecule has 7 heteroatoms. The van der Waals surface area contributed by atoms with E-state index >= 15 is 0 Å². The summed E-state index contributed by atoms with van der Waals surface area (Å²) in [5.41, 5.74) is -0.324. The molecule has 0 aliphatic heterocycles. The van der Waals surface area contributed by atoms with Crippen LogP contribution in [-0.2, 0) is 9.59 Å². The number of non-ortho nitro benzene ring substituents is 1. The van der Waals surface area contributed by atoms with Gasteiger partial charge in [-0.1, -0.05) is 25.5 Å². The maximum absolute atomic E-state index is 12.2. The molecule has 124 valence electrons. The molecule has 1 unspecified atom stereocenters. The van der Waals surface area contributed by atoms with Gasteiger partial charge in [-0.3, -0.25) is 19.7 Å². The van der Waals surface area contributed by atoms with Gasteiger partial charge in [-0.25, -0.2) is 0 Å². The number of benzene rings is 1. The fourth-order valence-electron chi connectivity index (χ4n) is 2.90. The molecule has 1 aliphatic rings. The number of carboxylic acid groups (broad SMARTS) is 1. The number of carbonyl (C=O) groups excluding carboxylic acids is 1. The van der Waals surface area contributed by atoms with Crippen LogP contribution in [0.1, 0.15) is 50.6 Å². The number of carbonyl (C=O) groups is 2. The topological polar surface area (TPSA) is 110 Å². The molecule has 0 spiro atoms. The third-order valence-electron chi connectivity index (χ3n) is 4.49. The van der Waals surface area contributed by atoms with E-state index in [4.69, 9.17) is 0 Å². The Morgan fingerprint density at radius 3 is 2.61 bits per heavy atom. The van der Waals surface area contributed by atoms with E-state index in [0.717, 1.165) is 6.42 Å². The lowest BCUT2D eigenvalue weighted by Gasteiger charge is -2.37. The first-order chi connectivity index (χ1) is 10.9. The van der Waals surface area contributed by atoms with Gasteiger partial charge in [-0.15, -0.1) is 0 Å². The molecule has 0 saturated heterocycles. The molecule has 1 aromatic carbocycles. The molecule has 0 bridgehead atoms. The molecule has 1 amide bonds. The second-order valence-corrected chi connectivity index (χ2v) is 6.00. The normalized spacial score (nSPS) is 16.9. The Kier molecular flexibility index (Phi) is 4.98. The summed E-state index contributed by atoms with van der Waals surface area (Å²) in [6.07, 6.45) is 2.37. The van der Waals surface area contributed by atoms with Crippen LogP contribution in [0.15, 0.2) is 24.3 Å². The number of carboxylic acids is 1. The Hall–Kier alpha value is -2.44. The first-order valence-corrected chi connectivity index (χ1v) is 7.65. The Balaban J connectivity index is 2.07. The Labute approximate surface area is 133 Å². The van der Waals surface area contributed by atoms with Crippen molar-refractivity contribution in [1.29, 1.82) is 0 Å². The van der Waals surface area contributed by atoms with Gasteiger partial charge in [0.2, 0.25) is 5.91 Å². The van der Waals surface area contributed by atoms with Crippen LogP contribution in [0.4, 0.5) is 5.69 Å². The van der Waals surface area contributed by atoms with Crippen molar-refractivity contribution in [2.24, 2.45) is 5.41 Å². The maximum Gasteiger partial charge on any atom is 0.310 e. The van der Waals surface area contributed by atoms with Crippen molar-refractivity contribution < 1.29 is 19.6 Å². The summed E-state index contributed by atoms with van der Waals surface area (Å²) in [5.74, 6) is -1.26. The molecular weight excluding hydrogens is 300 g/mol. The summed E-state index contributed by atoms with van der Waals surface area (Å²) in [6, 6.07) is 5.76. The summed E-state index contributed by atoms with van der Waals surface area (Å²) in [7, 11) is 0. The standard InChI is InChI=1S/C16H20N2O5/c1-2-13(11-5-3-6-12(9-11)18(22)23)17-14(19)10-16(15(20)21)7-4-8-16/h3,5-6,9,13H,2,4,7-8,10H2,1H3,(H,17,19)(H,20,21). The number of nitro benzene ring substituents is 1. The Morgan fingerprint density at radius 1 is 1.43 bits per heavy atom. The van der Waals surface area contributed by atoms with Crippen molar-refractivity contribution in [3.8, 4) is 0 Å². The van der Waals surface area contributed by atoms with Crippen molar-refractivity contribution in [1.82, 2.24) is 5.32 Å². The zero-order valence-corrected chi connectivity index (χ0v) is 12.9. The van der Waals surface area contributed by atoms with Crippen LogP contribution >= 0.6 is 0 Å². The molecule has 0 radical (unpaired) electrons. The Bertz CT molecular complexity index is 625. The molecule has 2 N–H and O–H groups in total. The smallest absolute Gasteiger partial charge is 0.310 e. The van der Waals surface area contributed by atoms with Gasteiger partial charge in [0.05, 0.1) is 16.4 Å². The van der Waals surface area contributed by atoms with E-state index in [1.54, 1.807) is 12.1 Å². The van der Waals surface area contributed by atoms with Crippen LogP contribution in [0.25, 0.3) is 0 Å². The van der Waals surface area contributed by atoms with E-state index in [1.165, 1.54) is 12.1 Å². The quantitative estimate of drug-likeness (QED) is 0.593. The van der Waals surface area contributed by atoms with Crippen molar-refractivity contribution in [2.45, 2.75) is 45.1 Å². The number of nitro groups is 1. The second-order valence-electron chi connectivity index (χ2n) is 6.00. The van der Waals surface area contributed by atoms with Gasteiger partial charge in [0.1, 0.15) is 0 Å². The van der Waals surface area contributed by atoms with E-state index in [-0.39, 0.29) is 24.1 Å². The number of rotatable bonds is 7. The van der Waals surface area contributed by atoms with Crippen LogP contribution in [0.5, 0.6) is 0 Å². The highest BCUT2D eigenvalue weighted by Gasteiger charge is 2.46. The van der Waals surface area contributed by atoms with E-state index in [1.807, 2.05) is 6.92 Å². The van der Waals surface area contributed by atoms with Crippen LogP contribution in [0.2, 0.25) is 0 Å². The third kappa shape index (κ3) is 3.67. The minimum Gasteiger partial charge on any atom is -0.481 e. The lowest BCUT2D eigenvalue weighted by Crippen LogP contribution is -2.43. The number of aliphatic carboxylic acids is 1. The third-order valence-corrected chi connectivity index (χ3v) is 4.49. The predicted octanol–water partition coefficient (Wildman–Crippen LogP) is 2.81. The molecule has 0 aromatic heterocycles. The molecule has 1 aromatic rings. The molecule has 1 saturated carbocycles. The van der Waals surface area contributed by atoms with E-state index < -0.39 is 16.3 Å². The highest BCUT2D eigenvalue weighted by Crippen LogP contribution is 2.44. The van der Waals surface area contributed by atoms with Crippen molar-refractivity contribution in [3.05, 3.63) is 39.9 Å².